The number of nitro benzene ring substituents is 4. The lowest BCUT2D eigenvalue weighted by Crippen LogP contribution is -2.08. The molecule has 8 aromatic carbocycles. The average Bonchev–Trinajstić information content (AvgIpc) is 0.805. The van der Waals surface area contributed by atoms with Gasteiger partial charge in [-0.2, -0.15) is 11.8 Å². The van der Waals surface area contributed by atoms with Gasteiger partial charge in [0.05, 0.1) is 112 Å². The van der Waals surface area contributed by atoms with Crippen LogP contribution in [0.5, 0.6) is 0 Å². The second-order valence-electron chi connectivity index (χ2n) is 25.0. The summed E-state index contributed by atoms with van der Waals surface area (Å²) in [4.78, 5) is 125. The van der Waals surface area contributed by atoms with Gasteiger partial charge in [0.25, 0.3) is 22.7 Å². The zero-order valence-corrected chi connectivity index (χ0v) is 75.8. The molecule has 0 unspecified atom stereocenters. The first-order valence-corrected chi connectivity index (χ1v) is 41.5. The van der Waals surface area contributed by atoms with Gasteiger partial charge >= 0.3 is 52.0 Å². The van der Waals surface area contributed by atoms with Crippen molar-refractivity contribution in [1.82, 2.24) is 0 Å². The molecule has 0 aromatic heterocycles. The first-order valence-electron chi connectivity index (χ1n) is 37.1. The molecule has 0 fully saturated rings. The number of aliphatic hydroxyl groups excluding tert-OH is 1. The number of aldehydes is 1. The molecule has 35 nitrogen and oxygen atoms in total. The number of carboxylic acid groups (broad SMARTS) is 1. The van der Waals surface area contributed by atoms with Gasteiger partial charge in [0, 0.05) is 107 Å². The molecule has 126 heavy (non-hydrogen) atoms. The molecule has 0 bridgehead atoms. The minimum absolute atomic E-state index is 0. The number of carboxylic acids is 1. The van der Waals surface area contributed by atoms with E-state index < -0.39 is 77.1 Å². The first-order chi connectivity index (χ1) is 59.3. The number of anilines is 3. The normalized spacial score (nSPS) is 10.1. The van der Waals surface area contributed by atoms with Crippen molar-refractivity contribution in [2.24, 2.45) is 0 Å². The fraction of sp³-hybridized carbons (Fsp3) is 0.306. The third-order valence-corrected chi connectivity index (χ3v) is 19.1. The van der Waals surface area contributed by atoms with Crippen LogP contribution in [0.15, 0.2) is 164 Å². The average molecular weight is 1810 g/mol. The van der Waals surface area contributed by atoms with E-state index in [1.165, 1.54) is 62.4 Å². The molecule has 41 heteroatoms. The topological polar surface area (TPSA) is 452 Å². The van der Waals surface area contributed by atoms with E-state index in [2.05, 4.69) is 54.2 Å². The summed E-state index contributed by atoms with van der Waals surface area (Å²) in [5, 5.41) is 60.9. The number of benzene rings is 8. The monoisotopic (exact) mass is 1810 g/mol. The summed E-state index contributed by atoms with van der Waals surface area (Å²) in [6, 6.07) is 44.5. The highest BCUT2D eigenvalue weighted by atomic mass is 32.2. The third-order valence-electron chi connectivity index (χ3n) is 15.7. The Labute approximate surface area is 737 Å². The van der Waals surface area contributed by atoms with Crippen molar-refractivity contribution in [2.45, 2.75) is 54.3 Å². The Morgan fingerprint density at radius 2 is 0.706 bits per heavy atom. The van der Waals surface area contributed by atoms with Crippen LogP contribution in [0.4, 0.5) is 49.0 Å². The highest BCUT2D eigenvalue weighted by Gasteiger charge is 2.29. The number of rotatable bonds is 31. The van der Waals surface area contributed by atoms with E-state index in [0.717, 1.165) is 91.1 Å². The number of hydrogen-bond acceptors (Lipinski definition) is 31. The minimum Gasteiger partial charge on any atom is -0.478 e. The SMILES string of the molecule is CCOP(=O)(Cc1ccc(C(=O)OC)c([N+](=O)[O-])c1)OCC.CCOP(OCC)OCC.CN(C)c1ccc(C=O)cc1.COC(=O)c1ccc(/C=C/c2ccc(N(C)C)cc2)cc1C.COC(=O)c1ccc(/C=C/c2ccc(N(C)C)cc2)cc1[N+](=O)[O-].COC(=O)c1ccc(C(=O)O)cc1[N+](=O)[O-].COC(=O)c1ccc(CO)cc1[N+](=O)[O-].CSC.F[18F].[B]. The van der Waals surface area contributed by atoms with Crippen molar-refractivity contribution >= 4 is 143 Å². The summed E-state index contributed by atoms with van der Waals surface area (Å²) in [6.45, 7) is 13.0. The van der Waals surface area contributed by atoms with Gasteiger partial charge in [-0.05, 0) is 178 Å². The van der Waals surface area contributed by atoms with Crippen LogP contribution in [0, 0.1) is 47.4 Å². The quantitative estimate of drug-likeness (QED) is 0.00595. The van der Waals surface area contributed by atoms with Gasteiger partial charge < -0.3 is 71.2 Å². The lowest BCUT2D eigenvalue weighted by atomic mass is 10.0. The Balaban J connectivity index is 0. The van der Waals surface area contributed by atoms with Crippen LogP contribution >= 0.6 is 28.0 Å². The van der Waals surface area contributed by atoms with Crippen molar-refractivity contribution in [2.75, 3.05) is 138 Å². The standard InChI is InChI=1S/C19H21NO2.C18H18N2O4.C13H18NO7P.C9H7NO6.C9H9NO5.C9H11NO.C6H15O3P.C2H6S.B.F2/c1-14-13-16(9-12-18(14)19(21)22-4)6-5-15-7-10-17(11-8-15)20(2)3;1-19(2)15-9-6-13(7-10-15)4-5-14-8-11-16(18(21)24-3)17(12-14)20(22)23;1-4-20-22(18,21-5-2)9-10-6-7-11(13(15)19-3)12(8-10)14(16)17;1-16-9(13)6-3-2-5(8(11)12)4-7(6)10(14)15;1-15-9(12)7-3-2-6(5-11)4-8(7)10(13)14;1-10(2)9-5-3-8(7-11)4-6-9;1-4-7-10(8-5-2)9-6-3;1-3-2;;1-2/h5-13H,1-4H3;4-12H,1-3H3;6-8H,4-5,9H2,1-3H3;2-4H,1H3,(H,11,12);2-4,11H,5H2,1H3;3-7H,1-2H3;4-6H2,1-3H3;1-2H3;;/b6-5+;5-4+;;;;;;;;/i;;;;;;;;;1-1. The van der Waals surface area contributed by atoms with E-state index in [1.807, 2.05) is 165 Å². The predicted octanol–water partition coefficient (Wildman–Crippen LogP) is 18.1. The van der Waals surface area contributed by atoms with Crippen molar-refractivity contribution in [1.29, 1.82) is 0 Å². The van der Waals surface area contributed by atoms with E-state index in [-0.39, 0.29) is 79.6 Å². The van der Waals surface area contributed by atoms with Gasteiger partial charge in [-0.3, -0.25) is 49.8 Å². The third kappa shape index (κ3) is 41.7. The molecule has 0 aliphatic heterocycles. The van der Waals surface area contributed by atoms with Gasteiger partial charge in [-0.1, -0.05) is 78.9 Å². The Hall–Kier alpha value is -12.6. The summed E-state index contributed by atoms with van der Waals surface area (Å²) in [5.41, 5.74) is 7.62. The summed E-state index contributed by atoms with van der Waals surface area (Å²) >= 11 is 1.75. The number of esters is 5. The highest BCUT2D eigenvalue weighted by Crippen LogP contribution is 2.51. The van der Waals surface area contributed by atoms with Gasteiger partial charge in [-0.25, -0.2) is 28.8 Å². The number of thioether (sulfide) groups is 1. The Morgan fingerprint density at radius 3 is 1.01 bits per heavy atom. The number of halogens is 2. The molecule has 8 aromatic rings. The van der Waals surface area contributed by atoms with Crippen LogP contribution in [0.3, 0.4) is 0 Å². The fourth-order valence-corrected chi connectivity index (χ4v) is 12.3. The number of aliphatic hydroxyl groups is 1. The van der Waals surface area contributed by atoms with Crippen molar-refractivity contribution in [3.05, 3.63) is 282 Å². The van der Waals surface area contributed by atoms with Crippen LogP contribution in [0.25, 0.3) is 24.3 Å². The fourth-order valence-electron chi connectivity index (χ4n) is 9.71. The molecular formula is C85H105BF2N7O28P2S. The highest BCUT2D eigenvalue weighted by molar-refractivity contribution is 7.97. The predicted molar refractivity (Wildman–Crippen MR) is 482 cm³/mol. The van der Waals surface area contributed by atoms with E-state index in [4.69, 9.17) is 46.7 Å². The zero-order valence-electron chi connectivity index (χ0n) is 73.2. The summed E-state index contributed by atoms with van der Waals surface area (Å²) in [5.74, 6) is -4.80. The number of aromatic carboxylic acids is 1. The molecule has 3 radical (unpaired) electrons. The molecule has 0 saturated carbocycles. The van der Waals surface area contributed by atoms with E-state index in [1.54, 1.807) is 43.8 Å². The number of nitrogens with zero attached hydrogens (tertiary/aromatic N) is 7. The van der Waals surface area contributed by atoms with Crippen LogP contribution < -0.4 is 14.7 Å². The lowest BCUT2D eigenvalue weighted by Gasteiger charge is -2.17. The molecule has 2 N–H and O–H groups in total. The van der Waals surface area contributed by atoms with Gasteiger partial charge in [0.2, 0.25) is 0 Å². The van der Waals surface area contributed by atoms with E-state index in [9.17, 15) is 78.6 Å². The number of carbonyl (C=O) groups is 7. The minimum atomic E-state index is -3.38. The molecule has 0 aliphatic rings. The second kappa shape index (κ2) is 63.4. The maximum Gasteiger partial charge on any atom is 0.344 e. The van der Waals surface area contributed by atoms with Crippen LogP contribution in [0.1, 0.15) is 146 Å². The number of methoxy groups -OCH3 is 5. The number of ether oxygens (including phenoxy) is 5. The van der Waals surface area contributed by atoms with Gasteiger partial charge in [0.1, 0.15) is 28.5 Å². The van der Waals surface area contributed by atoms with Crippen molar-refractivity contribution in [3.8, 4) is 0 Å². The maximum atomic E-state index is 12.4. The molecule has 0 heterocycles. The number of carbonyl (C=O) groups excluding carboxylic acids is 6. The van der Waals surface area contributed by atoms with Crippen LogP contribution in [-0.4, -0.2) is 204 Å². The smallest absolute Gasteiger partial charge is 0.344 e. The Kier molecular flexibility index (Phi) is 58.1. The number of hydrogen-bond donors (Lipinski definition) is 2. The Bertz CT molecular complexity index is 4880. The van der Waals surface area contributed by atoms with Crippen molar-refractivity contribution in [3.63, 3.8) is 0 Å². The Morgan fingerprint density at radius 1 is 0.429 bits per heavy atom. The van der Waals surface area contributed by atoms with Gasteiger partial charge in [-0.15, -0.1) is 0 Å². The van der Waals surface area contributed by atoms with E-state index >= 15 is 0 Å². The second-order valence-corrected chi connectivity index (χ2v) is 29.1. The first kappa shape index (κ1) is 115. The molecule has 681 valence electrons. The molecule has 0 atom stereocenters. The molecule has 0 saturated heterocycles. The number of aryl methyl sites for hydroxylation is 1. The summed E-state index contributed by atoms with van der Waals surface area (Å²) < 4.78 is 76.7. The largest absolute Gasteiger partial charge is 0.478 e. The van der Waals surface area contributed by atoms with Crippen molar-refractivity contribution < 1.29 is 123 Å². The zero-order chi connectivity index (χ0) is 95.1. The molecule has 0 spiro atoms. The van der Waals surface area contributed by atoms with Gasteiger partial charge in [0.15, 0.2) is 0 Å². The molecule has 8 rings (SSSR count). The maximum absolute atomic E-state index is 12.4. The number of nitro groups is 4. The molecular weight excluding hydrogens is 1710 g/mol. The lowest BCUT2D eigenvalue weighted by molar-refractivity contribution is -0.385. The molecule has 0 amide bonds. The molecule has 0 aliphatic carbocycles. The summed E-state index contributed by atoms with van der Waals surface area (Å²) in [6.07, 6.45) is 12.5. The van der Waals surface area contributed by atoms with Crippen LogP contribution in [-0.2, 0) is 63.6 Å². The van der Waals surface area contributed by atoms with E-state index in [0.29, 0.717) is 42.1 Å². The summed E-state index contributed by atoms with van der Waals surface area (Å²) in [7, 11) is 13.4. The van der Waals surface area contributed by atoms with Crippen LogP contribution in [0.2, 0.25) is 0 Å².